The lowest BCUT2D eigenvalue weighted by atomic mass is 10.1. The molecule has 5 nitrogen and oxygen atoms in total. The van der Waals surface area contributed by atoms with E-state index in [4.69, 9.17) is 0 Å². The van der Waals surface area contributed by atoms with E-state index >= 15 is 0 Å². The van der Waals surface area contributed by atoms with Gasteiger partial charge in [-0.1, -0.05) is 0 Å². The molecule has 1 N–H and O–H groups in total. The van der Waals surface area contributed by atoms with Gasteiger partial charge in [-0.3, -0.25) is 14.7 Å². The lowest BCUT2D eigenvalue weighted by Gasteiger charge is -2.38. The molecule has 0 aromatic carbocycles. The number of aliphatic hydroxyl groups is 1. The van der Waals surface area contributed by atoms with Crippen LogP contribution in [-0.2, 0) is 0 Å². The van der Waals surface area contributed by atoms with Crippen molar-refractivity contribution in [3.05, 3.63) is 24.0 Å². The summed E-state index contributed by atoms with van der Waals surface area (Å²) in [5, 5.41) is 9.84. The SMILES string of the molecule is CC(=O)c1ccc(N2CCN(CC(C)(C)O)CC2)cn1. The van der Waals surface area contributed by atoms with Gasteiger partial charge in [-0.2, -0.15) is 0 Å². The van der Waals surface area contributed by atoms with Gasteiger partial charge in [0, 0.05) is 39.6 Å². The summed E-state index contributed by atoms with van der Waals surface area (Å²) < 4.78 is 0. The Morgan fingerprint density at radius 3 is 2.40 bits per heavy atom. The van der Waals surface area contributed by atoms with Crippen LogP contribution in [0, 0.1) is 0 Å². The summed E-state index contributed by atoms with van der Waals surface area (Å²) in [5.41, 5.74) is 0.916. The number of carbonyl (C=O) groups is 1. The average Bonchev–Trinajstić information content (AvgIpc) is 2.38. The van der Waals surface area contributed by atoms with Crippen LogP contribution in [0.15, 0.2) is 18.3 Å². The van der Waals surface area contributed by atoms with Crippen LogP contribution in [0.3, 0.4) is 0 Å². The zero-order valence-electron chi connectivity index (χ0n) is 12.5. The molecule has 0 atom stereocenters. The number of pyridine rings is 1. The number of Topliss-reactive ketones (excluding diaryl/α,β-unsaturated/α-hetero) is 1. The molecule has 0 saturated carbocycles. The van der Waals surface area contributed by atoms with E-state index in [1.54, 1.807) is 12.3 Å². The Bertz CT molecular complexity index is 457. The van der Waals surface area contributed by atoms with E-state index in [9.17, 15) is 9.90 Å². The summed E-state index contributed by atoms with van der Waals surface area (Å²) in [6, 6.07) is 3.73. The monoisotopic (exact) mass is 277 g/mol. The second-order valence-corrected chi connectivity index (χ2v) is 6.03. The number of piperazine rings is 1. The average molecular weight is 277 g/mol. The summed E-state index contributed by atoms with van der Waals surface area (Å²) in [7, 11) is 0. The van der Waals surface area contributed by atoms with E-state index in [1.165, 1.54) is 6.92 Å². The predicted octanol–water partition coefficient (Wildman–Crippen LogP) is 1.18. The van der Waals surface area contributed by atoms with Gasteiger partial charge in [0.05, 0.1) is 17.5 Å². The molecule has 1 aromatic rings. The molecule has 0 amide bonds. The molecule has 2 heterocycles. The number of ketones is 1. The van der Waals surface area contributed by atoms with Crippen LogP contribution in [0.4, 0.5) is 5.69 Å². The van der Waals surface area contributed by atoms with Crippen molar-refractivity contribution in [2.45, 2.75) is 26.4 Å². The minimum Gasteiger partial charge on any atom is -0.389 e. The van der Waals surface area contributed by atoms with Crippen LogP contribution in [0.2, 0.25) is 0 Å². The van der Waals surface area contributed by atoms with Crippen molar-refractivity contribution in [3.8, 4) is 0 Å². The number of β-amino-alcohol motifs (C(OH)–C–C–N with tert-alkyl or cyclic N) is 1. The lowest BCUT2D eigenvalue weighted by molar-refractivity contribution is 0.0345. The van der Waals surface area contributed by atoms with Gasteiger partial charge in [-0.15, -0.1) is 0 Å². The van der Waals surface area contributed by atoms with Crippen LogP contribution >= 0.6 is 0 Å². The highest BCUT2D eigenvalue weighted by Gasteiger charge is 2.22. The fourth-order valence-corrected chi connectivity index (χ4v) is 2.49. The van der Waals surface area contributed by atoms with Crippen molar-refractivity contribution in [1.82, 2.24) is 9.88 Å². The first-order valence-corrected chi connectivity index (χ1v) is 7.02. The molecule has 1 fully saturated rings. The lowest BCUT2D eigenvalue weighted by Crippen LogP contribution is -2.50. The van der Waals surface area contributed by atoms with Crippen molar-refractivity contribution in [2.75, 3.05) is 37.6 Å². The Morgan fingerprint density at radius 2 is 1.95 bits per heavy atom. The molecule has 1 aromatic heterocycles. The molecule has 1 saturated heterocycles. The maximum absolute atomic E-state index is 11.2. The first-order chi connectivity index (χ1) is 9.35. The molecule has 0 aliphatic carbocycles. The second kappa shape index (κ2) is 5.89. The highest BCUT2D eigenvalue weighted by Crippen LogP contribution is 2.17. The summed E-state index contributed by atoms with van der Waals surface area (Å²) in [6.07, 6.45) is 1.77. The van der Waals surface area contributed by atoms with Crippen LogP contribution in [0.5, 0.6) is 0 Å². The number of aromatic nitrogens is 1. The second-order valence-electron chi connectivity index (χ2n) is 6.03. The molecule has 2 rings (SSSR count). The third-order valence-corrected chi connectivity index (χ3v) is 3.46. The largest absolute Gasteiger partial charge is 0.389 e. The van der Waals surface area contributed by atoms with E-state index in [-0.39, 0.29) is 5.78 Å². The van der Waals surface area contributed by atoms with Crippen molar-refractivity contribution in [1.29, 1.82) is 0 Å². The molecule has 0 radical (unpaired) electrons. The topological polar surface area (TPSA) is 56.7 Å². The van der Waals surface area contributed by atoms with Gasteiger partial charge >= 0.3 is 0 Å². The number of rotatable bonds is 4. The fraction of sp³-hybridized carbons (Fsp3) is 0.600. The Hall–Kier alpha value is -1.46. The van der Waals surface area contributed by atoms with Gasteiger partial charge in [-0.05, 0) is 26.0 Å². The highest BCUT2D eigenvalue weighted by atomic mass is 16.3. The van der Waals surface area contributed by atoms with E-state index in [0.717, 1.165) is 31.9 Å². The van der Waals surface area contributed by atoms with Crippen molar-refractivity contribution in [3.63, 3.8) is 0 Å². The highest BCUT2D eigenvalue weighted by molar-refractivity contribution is 5.92. The van der Waals surface area contributed by atoms with Crippen molar-refractivity contribution < 1.29 is 9.90 Å². The minimum absolute atomic E-state index is 0.00783. The molecule has 5 heteroatoms. The Balaban J connectivity index is 1.92. The van der Waals surface area contributed by atoms with Gasteiger partial charge in [0.25, 0.3) is 0 Å². The molecule has 0 spiro atoms. The summed E-state index contributed by atoms with van der Waals surface area (Å²) in [4.78, 5) is 19.9. The number of hydrogen-bond donors (Lipinski definition) is 1. The zero-order valence-corrected chi connectivity index (χ0v) is 12.5. The first-order valence-electron chi connectivity index (χ1n) is 7.02. The first kappa shape index (κ1) is 14.9. The predicted molar refractivity (Wildman–Crippen MR) is 79.2 cm³/mol. The number of anilines is 1. The number of hydrogen-bond acceptors (Lipinski definition) is 5. The normalized spacial score (nSPS) is 17.3. The smallest absolute Gasteiger partial charge is 0.178 e. The molecule has 20 heavy (non-hydrogen) atoms. The van der Waals surface area contributed by atoms with Crippen molar-refractivity contribution >= 4 is 11.5 Å². The van der Waals surface area contributed by atoms with Gasteiger partial charge in [0.1, 0.15) is 5.69 Å². The molecule has 0 unspecified atom stereocenters. The van der Waals surface area contributed by atoms with E-state index in [2.05, 4.69) is 14.8 Å². The maximum Gasteiger partial charge on any atom is 0.178 e. The summed E-state index contributed by atoms with van der Waals surface area (Å²) in [5.74, 6) is -0.00783. The fourth-order valence-electron chi connectivity index (χ4n) is 2.49. The maximum atomic E-state index is 11.2. The molecule has 1 aliphatic heterocycles. The van der Waals surface area contributed by atoms with Crippen molar-refractivity contribution in [2.24, 2.45) is 0 Å². The van der Waals surface area contributed by atoms with Crippen LogP contribution in [0.1, 0.15) is 31.3 Å². The molecular weight excluding hydrogens is 254 g/mol. The van der Waals surface area contributed by atoms with E-state index in [0.29, 0.717) is 12.2 Å². The molecule has 110 valence electrons. The molecule has 0 bridgehead atoms. The van der Waals surface area contributed by atoms with Gasteiger partial charge < -0.3 is 10.0 Å². The number of carbonyl (C=O) groups excluding carboxylic acids is 1. The molecular formula is C15H23N3O2. The quantitative estimate of drug-likeness (QED) is 0.838. The van der Waals surface area contributed by atoms with Crippen LogP contribution in [0.25, 0.3) is 0 Å². The third-order valence-electron chi connectivity index (χ3n) is 3.46. The third kappa shape index (κ3) is 4.02. The van der Waals surface area contributed by atoms with Gasteiger partial charge in [0.15, 0.2) is 5.78 Å². The summed E-state index contributed by atoms with van der Waals surface area (Å²) in [6.45, 7) is 9.58. The number of nitrogens with zero attached hydrogens (tertiary/aromatic N) is 3. The summed E-state index contributed by atoms with van der Waals surface area (Å²) >= 11 is 0. The Labute approximate surface area is 120 Å². The standard InChI is InChI=1S/C15H23N3O2/c1-12(19)14-5-4-13(10-16-14)18-8-6-17(7-9-18)11-15(2,3)20/h4-5,10,20H,6-9,11H2,1-3H3. The van der Waals surface area contributed by atoms with Crippen LogP contribution < -0.4 is 4.90 Å². The Morgan fingerprint density at radius 1 is 1.30 bits per heavy atom. The molecule has 1 aliphatic rings. The minimum atomic E-state index is -0.646. The van der Waals surface area contributed by atoms with E-state index in [1.807, 2.05) is 19.9 Å². The van der Waals surface area contributed by atoms with Gasteiger partial charge in [0.2, 0.25) is 0 Å². The van der Waals surface area contributed by atoms with Crippen LogP contribution in [-0.4, -0.2) is 59.1 Å². The Kier molecular flexibility index (Phi) is 4.40. The van der Waals surface area contributed by atoms with Gasteiger partial charge in [-0.25, -0.2) is 0 Å². The van der Waals surface area contributed by atoms with E-state index < -0.39 is 5.60 Å². The zero-order chi connectivity index (χ0) is 14.8.